The Morgan fingerprint density at radius 1 is 0.848 bits per heavy atom. The lowest BCUT2D eigenvalue weighted by atomic mass is 9.89. The fourth-order valence-corrected chi connectivity index (χ4v) is 5.25. The van der Waals surface area contributed by atoms with Crippen molar-refractivity contribution in [1.29, 1.82) is 0 Å². The van der Waals surface area contributed by atoms with Crippen LogP contribution >= 0.6 is 0 Å². The third-order valence-electron chi connectivity index (χ3n) is 7.40. The Morgan fingerprint density at radius 3 is 2.06 bits per heavy atom. The molecular weight excluding hydrogens is 412 g/mol. The molecule has 33 heavy (non-hydrogen) atoms. The van der Waals surface area contributed by atoms with E-state index in [0.717, 1.165) is 70.4 Å². The molecule has 3 heterocycles. The number of aromatic nitrogens is 2. The molecule has 0 bridgehead atoms. The predicted octanol–water partition coefficient (Wildman–Crippen LogP) is 4.08. The Labute approximate surface area is 197 Å². The Morgan fingerprint density at radius 2 is 1.45 bits per heavy atom. The quantitative estimate of drug-likeness (QED) is 0.609. The van der Waals surface area contributed by atoms with Crippen molar-refractivity contribution in [1.82, 2.24) is 19.6 Å². The number of benzene rings is 1. The molecule has 1 aromatic heterocycles. The fourth-order valence-electron chi connectivity index (χ4n) is 5.25. The second kappa shape index (κ2) is 11.5. The second-order valence-electron chi connectivity index (χ2n) is 9.85. The van der Waals surface area contributed by atoms with E-state index in [4.69, 9.17) is 0 Å². The third kappa shape index (κ3) is 6.92. The lowest BCUT2D eigenvalue weighted by Gasteiger charge is -2.34. The smallest absolute Gasteiger partial charge is 0.224 e. The third-order valence-corrected chi connectivity index (χ3v) is 7.40. The zero-order chi connectivity index (χ0) is 23.0. The number of carbonyl (C=O) groups excluding carboxylic acids is 2. The number of hydrogen-bond donors (Lipinski definition) is 0. The minimum Gasteiger partial charge on any atom is -0.343 e. The van der Waals surface area contributed by atoms with Crippen molar-refractivity contribution in [2.75, 3.05) is 26.2 Å². The maximum atomic E-state index is 12.8. The molecule has 178 valence electrons. The van der Waals surface area contributed by atoms with E-state index in [2.05, 4.69) is 40.3 Å². The molecule has 0 saturated carbocycles. The first-order valence-electron chi connectivity index (χ1n) is 12.7. The summed E-state index contributed by atoms with van der Waals surface area (Å²) in [6, 6.07) is 12.7. The standard InChI is InChI=1S/C27H38N4O2/c1-22-9-19-31(28-22)20-14-27(33)30-15-10-23(11-16-30)7-8-26(32)29-17-12-25(13-18-29)21-24-5-3-2-4-6-24/h2-6,9,19,23,25H,7-8,10-18,20-21H2,1H3. The number of rotatable bonds is 8. The number of nitrogens with zero attached hydrogens (tertiary/aromatic N) is 4. The maximum absolute atomic E-state index is 12.8. The van der Waals surface area contributed by atoms with Crippen molar-refractivity contribution in [2.45, 2.75) is 64.8 Å². The van der Waals surface area contributed by atoms with E-state index in [1.54, 1.807) is 0 Å². The van der Waals surface area contributed by atoms with E-state index in [9.17, 15) is 9.59 Å². The van der Waals surface area contributed by atoms with Crippen molar-refractivity contribution in [3.63, 3.8) is 0 Å². The Hall–Kier alpha value is -2.63. The van der Waals surface area contributed by atoms with Gasteiger partial charge < -0.3 is 9.80 Å². The first-order valence-corrected chi connectivity index (χ1v) is 12.7. The molecule has 0 N–H and O–H groups in total. The van der Waals surface area contributed by atoms with Gasteiger partial charge in [0.15, 0.2) is 0 Å². The van der Waals surface area contributed by atoms with Crippen LogP contribution in [0.1, 0.15) is 56.2 Å². The van der Waals surface area contributed by atoms with Crippen molar-refractivity contribution in [3.05, 3.63) is 53.9 Å². The SMILES string of the molecule is Cc1ccn(CCC(=O)N2CCC(CCC(=O)N3CCC(Cc4ccccc4)CC3)CC2)n1. The highest BCUT2D eigenvalue weighted by atomic mass is 16.2. The zero-order valence-corrected chi connectivity index (χ0v) is 20.0. The summed E-state index contributed by atoms with van der Waals surface area (Å²) in [5.41, 5.74) is 2.39. The van der Waals surface area contributed by atoms with Crippen LogP contribution in [-0.4, -0.2) is 57.6 Å². The predicted molar refractivity (Wildman–Crippen MR) is 130 cm³/mol. The van der Waals surface area contributed by atoms with Crippen LogP contribution in [0.4, 0.5) is 0 Å². The number of aryl methyl sites for hydroxylation is 2. The number of likely N-dealkylation sites (tertiary alicyclic amines) is 2. The summed E-state index contributed by atoms with van der Waals surface area (Å²) < 4.78 is 1.84. The molecule has 0 unspecified atom stereocenters. The molecule has 6 nitrogen and oxygen atoms in total. The Kier molecular flexibility index (Phi) is 8.19. The molecule has 2 aliphatic rings. The summed E-state index contributed by atoms with van der Waals surface area (Å²) >= 11 is 0. The van der Waals surface area contributed by atoms with Gasteiger partial charge in [-0.05, 0) is 68.9 Å². The Balaban J connectivity index is 1.10. The van der Waals surface area contributed by atoms with Crippen molar-refractivity contribution in [3.8, 4) is 0 Å². The summed E-state index contributed by atoms with van der Waals surface area (Å²) in [6.45, 7) is 6.05. The minimum absolute atomic E-state index is 0.219. The number of piperidine rings is 2. The molecule has 2 saturated heterocycles. The van der Waals surface area contributed by atoms with Gasteiger partial charge in [0.2, 0.25) is 11.8 Å². The van der Waals surface area contributed by atoms with E-state index in [-0.39, 0.29) is 5.91 Å². The van der Waals surface area contributed by atoms with Gasteiger partial charge in [-0.2, -0.15) is 5.10 Å². The first kappa shape index (κ1) is 23.5. The molecule has 4 rings (SSSR count). The van der Waals surface area contributed by atoms with Gasteiger partial charge in [-0.15, -0.1) is 0 Å². The monoisotopic (exact) mass is 450 g/mol. The van der Waals surface area contributed by atoms with Gasteiger partial charge in [0, 0.05) is 51.8 Å². The lowest BCUT2D eigenvalue weighted by Crippen LogP contribution is -2.40. The number of hydrogen-bond acceptors (Lipinski definition) is 3. The average Bonchev–Trinajstić information content (AvgIpc) is 3.27. The van der Waals surface area contributed by atoms with Crippen LogP contribution in [0.25, 0.3) is 0 Å². The molecule has 0 aliphatic carbocycles. The fraction of sp³-hybridized carbons (Fsp3) is 0.593. The molecule has 0 spiro atoms. The van der Waals surface area contributed by atoms with E-state index in [0.29, 0.717) is 37.1 Å². The molecule has 2 aliphatic heterocycles. The van der Waals surface area contributed by atoms with Gasteiger partial charge in [0.1, 0.15) is 0 Å². The summed E-state index contributed by atoms with van der Waals surface area (Å²) in [6.07, 6.45) is 9.42. The van der Waals surface area contributed by atoms with Gasteiger partial charge in [0.25, 0.3) is 0 Å². The summed E-state index contributed by atoms with van der Waals surface area (Å²) in [5.74, 6) is 1.79. The molecule has 2 amide bonds. The van der Waals surface area contributed by atoms with Crippen LogP contribution in [0.3, 0.4) is 0 Å². The van der Waals surface area contributed by atoms with Crippen LogP contribution in [-0.2, 0) is 22.6 Å². The molecule has 2 fully saturated rings. The van der Waals surface area contributed by atoms with E-state index in [1.165, 1.54) is 5.56 Å². The van der Waals surface area contributed by atoms with Crippen molar-refractivity contribution >= 4 is 11.8 Å². The first-order chi connectivity index (χ1) is 16.1. The Bertz CT molecular complexity index is 894. The molecule has 2 aromatic rings. The average molecular weight is 451 g/mol. The van der Waals surface area contributed by atoms with Crippen LogP contribution in [0.2, 0.25) is 0 Å². The van der Waals surface area contributed by atoms with Crippen molar-refractivity contribution < 1.29 is 9.59 Å². The topological polar surface area (TPSA) is 58.4 Å². The summed E-state index contributed by atoms with van der Waals surface area (Å²) in [5, 5.41) is 4.35. The summed E-state index contributed by atoms with van der Waals surface area (Å²) in [4.78, 5) is 29.3. The summed E-state index contributed by atoms with van der Waals surface area (Å²) in [7, 11) is 0. The van der Waals surface area contributed by atoms with Gasteiger partial charge in [-0.25, -0.2) is 0 Å². The number of carbonyl (C=O) groups is 2. The van der Waals surface area contributed by atoms with Crippen LogP contribution in [0.5, 0.6) is 0 Å². The molecule has 0 atom stereocenters. The molecular formula is C27H38N4O2. The van der Waals surface area contributed by atoms with Crippen LogP contribution < -0.4 is 0 Å². The minimum atomic E-state index is 0.219. The van der Waals surface area contributed by atoms with Gasteiger partial charge in [-0.3, -0.25) is 14.3 Å². The normalized spacial score (nSPS) is 18.0. The van der Waals surface area contributed by atoms with Gasteiger partial charge in [0.05, 0.1) is 5.69 Å². The van der Waals surface area contributed by atoms with Gasteiger partial charge >= 0.3 is 0 Å². The second-order valence-corrected chi connectivity index (χ2v) is 9.85. The van der Waals surface area contributed by atoms with Crippen molar-refractivity contribution in [2.24, 2.45) is 11.8 Å². The number of amides is 2. The highest BCUT2D eigenvalue weighted by Crippen LogP contribution is 2.25. The zero-order valence-electron chi connectivity index (χ0n) is 20.0. The van der Waals surface area contributed by atoms with E-state index >= 15 is 0 Å². The van der Waals surface area contributed by atoms with E-state index < -0.39 is 0 Å². The van der Waals surface area contributed by atoms with Gasteiger partial charge in [-0.1, -0.05) is 30.3 Å². The molecule has 0 radical (unpaired) electrons. The highest BCUT2D eigenvalue weighted by Gasteiger charge is 2.26. The van der Waals surface area contributed by atoms with Crippen LogP contribution in [0, 0.1) is 18.8 Å². The largest absolute Gasteiger partial charge is 0.343 e. The highest BCUT2D eigenvalue weighted by molar-refractivity contribution is 5.76. The lowest BCUT2D eigenvalue weighted by molar-refractivity contribution is -0.134. The molecule has 1 aromatic carbocycles. The molecule has 6 heteroatoms. The maximum Gasteiger partial charge on any atom is 0.224 e. The van der Waals surface area contributed by atoms with Crippen LogP contribution in [0.15, 0.2) is 42.6 Å². The van der Waals surface area contributed by atoms with E-state index in [1.807, 2.05) is 28.8 Å².